The maximum atomic E-state index is 12.5. The Balaban J connectivity index is 1.73. The molecule has 0 fully saturated rings. The molecule has 7 heteroatoms. The summed E-state index contributed by atoms with van der Waals surface area (Å²) in [4.78, 5) is 26.0. The summed E-state index contributed by atoms with van der Waals surface area (Å²) in [6.45, 7) is 4.17. The number of anilines is 1. The molecule has 1 aliphatic carbocycles. The average molecular weight is 452 g/mol. The second-order valence-corrected chi connectivity index (χ2v) is 8.59. The molecule has 0 radical (unpaired) electrons. The zero-order valence-corrected chi connectivity index (χ0v) is 17.7. The Bertz CT molecular complexity index is 831. The lowest BCUT2D eigenvalue weighted by molar-refractivity contribution is -0.118. The Hall–Kier alpha value is -1.86. The molecule has 0 unspecified atom stereocenters. The number of hydrogen-bond donors (Lipinski definition) is 1. The molecule has 1 aliphatic rings. The maximum Gasteiger partial charge on any atom is 0.341 e. The summed E-state index contributed by atoms with van der Waals surface area (Å²) in [6.07, 6.45) is 2.81. The van der Waals surface area contributed by atoms with Crippen LogP contribution in [0.2, 0.25) is 0 Å². The highest BCUT2D eigenvalue weighted by Gasteiger charge is 2.29. The molecule has 1 heterocycles. The van der Waals surface area contributed by atoms with Crippen molar-refractivity contribution in [3.05, 3.63) is 44.7 Å². The van der Waals surface area contributed by atoms with Gasteiger partial charge in [-0.3, -0.25) is 4.79 Å². The number of esters is 1. The van der Waals surface area contributed by atoms with Crippen molar-refractivity contribution in [1.82, 2.24) is 0 Å². The van der Waals surface area contributed by atoms with Gasteiger partial charge in [-0.2, -0.15) is 0 Å². The van der Waals surface area contributed by atoms with Gasteiger partial charge in [0.2, 0.25) is 0 Å². The van der Waals surface area contributed by atoms with Gasteiger partial charge in [-0.1, -0.05) is 22.9 Å². The molecule has 0 spiro atoms. The Morgan fingerprint density at radius 1 is 1.30 bits per heavy atom. The van der Waals surface area contributed by atoms with Crippen LogP contribution in [0, 0.1) is 5.92 Å². The number of halogens is 1. The number of benzene rings is 1. The fourth-order valence-electron chi connectivity index (χ4n) is 3.10. The minimum atomic E-state index is -0.367. The van der Waals surface area contributed by atoms with Crippen LogP contribution in [0.5, 0.6) is 5.75 Å². The van der Waals surface area contributed by atoms with E-state index in [-0.39, 0.29) is 18.5 Å². The molecule has 1 amide bonds. The van der Waals surface area contributed by atoms with Gasteiger partial charge in [-0.15, -0.1) is 11.3 Å². The number of hydrogen-bond acceptors (Lipinski definition) is 5. The maximum absolute atomic E-state index is 12.5. The lowest BCUT2D eigenvalue weighted by Crippen LogP contribution is -2.21. The SMILES string of the molecule is CCOC(=O)c1c(NC(=O)COc2ccc(Br)cc2)sc2c1CC[C@H](C)C2. The summed E-state index contributed by atoms with van der Waals surface area (Å²) < 4.78 is 11.7. The summed E-state index contributed by atoms with van der Waals surface area (Å²) in [5.74, 6) is 0.526. The lowest BCUT2D eigenvalue weighted by Gasteiger charge is -2.18. The number of carbonyl (C=O) groups excluding carboxylic acids is 2. The van der Waals surface area contributed by atoms with Gasteiger partial charge in [0.05, 0.1) is 12.2 Å². The van der Waals surface area contributed by atoms with Crippen LogP contribution in [-0.4, -0.2) is 25.1 Å². The number of ether oxygens (including phenoxy) is 2. The van der Waals surface area contributed by atoms with E-state index in [1.807, 2.05) is 12.1 Å². The van der Waals surface area contributed by atoms with Gasteiger partial charge in [0.15, 0.2) is 6.61 Å². The van der Waals surface area contributed by atoms with Crippen LogP contribution in [0.3, 0.4) is 0 Å². The van der Waals surface area contributed by atoms with Crippen molar-refractivity contribution in [2.45, 2.75) is 33.1 Å². The highest BCUT2D eigenvalue weighted by molar-refractivity contribution is 9.10. The predicted molar refractivity (Wildman–Crippen MR) is 110 cm³/mol. The van der Waals surface area contributed by atoms with Crippen LogP contribution >= 0.6 is 27.3 Å². The van der Waals surface area contributed by atoms with E-state index in [1.54, 1.807) is 19.1 Å². The summed E-state index contributed by atoms with van der Waals surface area (Å²) in [6, 6.07) is 7.26. The van der Waals surface area contributed by atoms with Crippen molar-refractivity contribution in [3.8, 4) is 5.75 Å². The molecule has 27 heavy (non-hydrogen) atoms. The van der Waals surface area contributed by atoms with Gasteiger partial charge in [0.1, 0.15) is 10.8 Å². The molecule has 0 saturated heterocycles. The molecule has 0 bridgehead atoms. The number of thiophene rings is 1. The van der Waals surface area contributed by atoms with Gasteiger partial charge >= 0.3 is 5.97 Å². The Labute approximate surface area is 171 Å². The van der Waals surface area contributed by atoms with Crippen LogP contribution in [0.1, 0.15) is 41.1 Å². The number of rotatable bonds is 6. The molecular weight excluding hydrogens is 430 g/mol. The molecule has 1 aromatic heterocycles. The van der Waals surface area contributed by atoms with E-state index < -0.39 is 0 Å². The normalized spacial score (nSPS) is 15.7. The van der Waals surface area contributed by atoms with Crippen LogP contribution < -0.4 is 10.1 Å². The largest absolute Gasteiger partial charge is 0.484 e. The summed E-state index contributed by atoms with van der Waals surface area (Å²) in [5, 5.41) is 3.41. The number of carbonyl (C=O) groups is 2. The van der Waals surface area contributed by atoms with Crippen LogP contribution in [0.4, 0.5) is 5.00 Å². The first-order valence-electron chi connectivity index (χ1n) is 8.97. The van der Waals surface area contributed by atoms with Crippen molar-refractivity contribution in [3.63, 3.8) is 0 Å². The van der Waals surface area contributed by atoms with E-state index in [1.165, 1.54) is 16.2 Å². The molecule has 3 rings (SSSR count). The third kappa shape index (κ3) is 4.90. The monoisotopic (exact) mass is 451 g/mol. The van der Waals surface area contributed by atoms with Gasteiger partial charge in [0, 0.05) is 9.35 Å². The molecule has 1 aromatic carbocycles. The Kier molecular flexibility index (Phi) is 6.55. The van der Waals surface area contributed by atoms with Crippen molar-refractivity contribution in [2.75, 3.05) is 18.5 Å². The highest BCUT2D eigenvalue weighted by Crippen LogP contribution is 2.40. The molecule has 144 valence electrons. The molecule has 0 saturated carbocycles. The first kappa shape index (κ1) is 19.9. The van der Waals surface area contributed by atoms with Gasteiger partial charge in [-0.25, -0.2) is 4.79 Å². The van der Waals surface area contributed by atoms with Gasteiger partial charge < -0.3 is 14.8 Å². The van der Waals surface area contributed by atoms with Crippen LogP contribution in [0.25, 0.3) is 0 Å². The zero-order valence-electron chi connectivity index (χ0n) is 15.3. The van der Waals surface area contributed by atoms with Gasteiger partial charge in [0.25, 0.3) is 5.91 Å². The smallest absolute Gasteiger partial charge is 0.341 e. The van der Waals surface area contributed by atoms with Crippen molar-refractivity contribution < 1.29 is 19.1 Å². The minimum Gasteiger partial charge on any atom is -0.484 e. The van der Waals surface area contributed by atoms with E-state index in [4.69, 9.17) is 9.47 Å². The minimum absolute atomic E-state index is 0.122. The van der Waals surface area contributed by atoms with Crippen molar-refractivity contribution >= 4 is 44.1 Å². The van der Waals surface area contributed by atoms with Crippen LogP contribution in [0.15, 0.2) is 28.7 Å². The Morgan fingerprint density at radius 3 is 2.74 bits per heavy atom. The fraction of sp³-hybridized carbons (Fsp3) is 0.400. The first-order chi connectivity index (χ1) is 13.0. The molecule has 1 N–H and O–H groups in total. The zero-order chi connectivity index (χ0) is 19.4. The number of nitrogens with one attached hydrogen (secondary N) is 1. The molecule has 2 aromatic rings. The van der Waals surface area contributed by atoms with Crippen LogP contribution in [-0.2, 0) is 22.4 Å². The number of amides is 1. The third-order valence-electron chi connectivity index (χ3n) is 4.43. The standard InChI is InChI=1S/C20H22BrNO4S/c1-3-25-20(24)18-15-9-4-12(2)10-16(15)27-19(18)22-17(23)11-26-14-7-5-13(21)6-8-14/h5-8,12H,3-4,9-11H2,1-2H3,(H,22,23)/t12-/m0/s1. The molecule has 5 nitrogen and oxygen atoms in total. The summed E-state index contributed by atoms with van der Waals surface area (Å²) in [7, 11) is 0. The topological polar surface area (TPSA) is 64.6 Å². The quantitative estimate of drug-likeness (QED) is 0.638. The van der Waals surface area contributed by atoms with E-state index >= 15 is 0 Å². The second kappa shape index (κ2) is 8.89. The highest BCUT2D eigenvalue weighted by atomic mass is 79.9. The number of fused-ring (bicyclic) bond motifs is 1. The molecular formula is C20H22BrNO4S. The summed E-state index contributed by atoms with van der Waals surface area (Å²) in [5.41, 5.74) is 1.54. The Morgan fingerprint density at radius 2 is 2.04 bits per heavy atom. The van der Waals surface area contributed by atoms with E-state index in [9.17, 15) is 9.59 Å². The van der Waals surface area contributed by atoms with E-state index in [0.717, 1.165) is 29.3 Å². The molecule has 1 atom stereocenters. The average Bonchev–Trinajstić information content (AvgIpc) is 2.98. The second-order valence-electron chi connectivity index (χ2n) is 6.57. The van der Waals surface area contributed by atoms with E-state index in [2.05, 4.69) is 28.2 Å². The predicted octanol–water partition coefficient (Wildman–Crippen LogP) is 4.83. The lowest BCUT2D eigenvalue weighted by atomic mass is 9.88. The fourth-order valence-corrected chi connectivity index (χ4v) is 4.78. The molecule has 0 aliphatic heterocycles. The van der Waals surface area contributed by atoms with E-state index in [0.29, 0.717) is 28.8 Å². The third-order valence-corrected chi connectivity index (χ3v) is 6.13. The van der Waals surface area contributed by atoms with Crippen molar-refractivity contribution in [2.24, 2.45) is 5.92 Å². The first-order valence-corrected chi connectivity index (χ1v) is 10.6. The summed E-state index contributed by atoms with van der Waals surface area (Å²) >= 11 is 4.84. The van der Waals surface area contributed by atoms with Crippen molar-refractivity contribution in [1.29, 1.82) is 0 Å². The van der Waals surface area contributed by atoms with Gasteiger partial charge in [-0.05, 0) is 61.9 Å².